The molecule has 0 amide bonds. The third kappa shape index (κ3) is 6.60. The van der Waals surface area contributed by atoms with Gasteiger partial charge in [-0.05, 0) is 38.3 Å². The summed E-state index contributed by atoms with van der Waals surface area (Å²) >= 11 is 0. The van der Waals surface area contributed by atoms with Crippen LogP contribution in [0.3, 0.4) is 0 Å². The maximum atomic E-state index is 5.94. The smallest absolute Gasteiger partial charge is 0.205 e. The van der Waals surface area contributed by atoms with Crippen LogP contribution in [0.15, 0.2) is 0 Å². The molecule has 85 valence electrons. The predicted octanol–water partition coefficient (Wildman–Crippen LogP) is 4.25. The SMILES string of the molecule is CCC(CC)CCC(CC)O[Si](C)C. The Bertz CT molecular complexity index is 121. The Morgan fingerprint density at radius 1 is 0.929 bits per heavy atom. The quantitative estimate of drug-likeness (QED) is 0.550. The molecule has 0 rings (SSSR count). The second kappa shape index (κ2) is 8.48. The maximum absolute atomic E-state index is 5.94. The molecule has 0 fully saturated rings. The van der Waals surface area contributed by atoms with E-state index in [2.05, 4.69) is 33.9 Å². The van der Waals surface area contributed by atoms with Gasteiger partial charge in [-0.1, -0.05) is 33.6 Å². The zero-order chi connectivity index (χ0) is 11.0. The van der Waals surface area contributed by atoms with Gasteiger partial charge in [0.2, 0.25) is 9.04 Å². The zero-order valence-electron chi connectivity index (χ0n) is 10.6. The van der Waals surface area contributed by atoms with Crippen LogP contribution in [0.25, 0.3) is 0 Å². The van der Waals surface area contributed by atoms with Gasteiger partial charge in [0, 0.05) is 6.10 Å². The topological polar surface area (TPSA) is 9.23 Å². The Balaban J connectivity index is 3.70. The molecule has 0 bridgehead atoms. The van der Waals surface area contributed by atoms with E-state index in [9.17, 15) is 0 Å². The Kier molecular flexibility index (Phi) is 8.59. The summed E-state index contributed by atoms with van der Waals surface area (Å²) in [5.74, 6) is 0.914. The van der Waals surface area contributed by atoms with Crippen molar-refractivity contribution in [2.45, 2.75) is 72.1 Å². The molecule has 0 spiro atoms. The summed E-state index contributed by atoms with van der Waals surface area (Å²) in [4.78, 5) is 0. The van der Waals surface area contributed by atoms with E-state index in [1.54, 1.807) is 0 Å². The van der Waals surface area contributed by atoms with Gasteiger partial charge in [-0.3, -0.25) is 0 Å². The van der Waals surface area contributed by atoms with Crippen LogP contribution in [0.1, 0.15) is 52.9 Å². The number of hydrogen-bond acceptors (Lipinski definition) is 1. The van der Waals surface area contributed by atoms with Gasteiger partial charge in [0.25, 0.3) is 0 Å². The van der Waals surface area contributed by atoms with E-state index in [0.29, 0.717) is 6.10 Å². The van der Waals surface area contributed by atoms with E-state index in [1.807, 2.05) is 0 Å². The van der Waals surface area contributed by atoms with Crippen LogP contribution in [-0.2, 0) is 4.43 Å². The average Bonchev–Trinajstić information content (AvgIpc) is 2.17. The van der Waals surface area contributed by atoms with E-state index in [1.165, 1.54) is 32.1 Å². The van der Waals surface area contributed by atoms with Crippen molar-refractivity contribution in [1.29, 1.82) is 0 Å². The summed E-state index contributed by atoms with van der Waals surface area (Å²) in [6.07, 6.45) is 6.96. The predicted molar refractivity (Wildman–Crippen MR) is 66.0 cm³/mol. The van der Waals surface area contributed by atoms with E-state index >= 15 is 0 Å². The highest BCUT2D eigenvalue weighted by Crippen LogP contribution is 2.18. The molecule has 1 nitrogen and oxygen atoms in total. The summed E-state index contributed by atoms with van der Waals surface area (Å²) in [6.45, 7) is 11.3. The van der Waals surface area contributed by atoms with Crippen molar-refractivity contribution in [2.24, 2.45) is 5.92 Å². The molecule has 1 radical (unpaired) electrons. The Morgan fingerprint density at radius 3 is 1.86 bits per heavy atom. The molecule has 0 N–H and O–H groups in total. The molecule has 0 saturated carbocycles. The third-order valence-electron chi connectivity index (χ3n) is 2.91. The van der Waals surface area contributed by atoms with Crippen molar-refractivity contribution in [3.63, 3.8) is 0 Å². The largest absolute Gasteiger partial charge is 0.414 e. The van der Waals surface area contributed by atoms with Crippen LogP contribution in [-0.4, -0.2) is 15.1 Å². The van der Waals surface area contributed by atoms with Crippen LogP contribution in [0, 0.1) is 5.92 Å². The molecule has 0 saturated heterocycles. The first-order valence-electron chi connectivity index (χ1n) is 6.10. The first kappa shape index (κ1) is 14.2. The van der Waals surface area contributed by atoms with Crippen LogP contribution in [0.4, 0.5) is 0 Å². The van der Waals surface area contributed by atoms with Crippen molar-refractivity contribution >= 4 is 9.04 Å². The average molecular weight is 215 g/mol. The highest BCUT2D eigenvalue weighted by molar-refractivity contribution is 6.48. The minimum Gasteiger partial charge on any atom is -0.414 e. The van der Waals surface area contributed by atoms with Gasteiger partial charge in [0.15, 0.2) is 0 Å². The summed E-state index contributed by atoms with van der Waals surface area (Å²) in [5, 5.41) is 0. The van der Waals surface area contributed by atoms with E-state index in [4.69, 9.17) is 4.43 Å². The molecule has 2 heteroatoms. The van der Waals surface area contributed by atoms with Gasteiger partial charge in [-0.15, -0.1) is 0 Å². The molecule has 14 heavy (non-hydrogen) atoms. The molecule has 0 aromatic rings. The Morgan fingerprint density at radius 2 is 1.50 bits per heavy atom. The van der Waals surface area contributed by atoms with Gasteiger partial charge < -0.3 is 4.43 Å². The van der Waals surface area contributed by atoms with Crippen molar-refractivity contribution in [3.8, 4) is 0 Å². The van der Waals surface area contributed by atoms with Gasteiger partial charge in [-0.25, -0.2) is 0 Å². The molecule has 0 aliphatic heterocycles. The van der Waals surface area contributed by atoms with Gasteiger partial charge in [0.05, 0.1) is 0 Å². The lowest BCUT2D eigenvalue weighted by Crippen LogP contribution is -2.20. The molecule has 0 aliphatic carbocycles. The molecule has 0 aromatic carbocycles. The minimum atomic E-state index is -0.506. The van der Waals surface area contributed by atoms with Gasteiger partial charge >= 0.3 is 0 Å². The highest BCUT2D eigenvalue weighted by Gasteiger charge is 2.12. The van der Waals surface area contributed by atoms with Crippen molar-refractivity contribution in [3.05, 3.63) is 0 Å². The van der Waals surface area contributed by atoms with E-state index in [0.717, 1.165) is 5.92 Å². The van der Waals surface area contributed by atoms with Crippen LogP contribution in [0.5, 0.6) is 0 Å². The Labute approximate surface area is 92.0 Å². The normalized spacial score (nSPS) is 13.9. The fraction of sp³-hybridized carbons (Fsp3) is 1.00. The van der Waals surface area contributed by atoms with Crippen molar-refractivity contribution in [2.75, 3.05) is 0 Å². The maximum Gasteiger partial charge on any atom is 0.205 e. The van der Waals surface area contributed by atoms with Gasteiger partial charge in [-0.2, -0.15) is 0 Å². The van der Waals surface area contributed by atoms with Gasteiger partial charge in [0.1, 0.15) is 0 Å². The standard InChI is InChI=1S/C12H27OSi/c1-6-11(7-2)9-10-12(8-3)13-14(4)5/h11-12H,6-10H2,1-5H3. The van der Waals surface area contributed by atoms with Crippen molar-refractivity contribution < 1.29 is 4.43 Å². The summed E-state index contributed by atoms with van der Waals surface area (Å²) in [6, 6.07) is 0. The fourth-order valence-corrected chi connectivity index (χ4v) is 2.75. The fourth-order valence-electron chi connectivity index (χ4n) is 1.80. The van der Waals surface area contributed by atoms with Crippen LogP contribution < -0.4 is 0 Å². The minimum absolute atomic E-state index is 0.506. The number of hydrogen-bond donors (Lipinski definition) is 0. The second-order valence-corrected chi connectivity index (χ2v) is 6.37. The molecular formula is C12H27OSi. The van der Waals surface area contributed by atoms with Crippen LogP contribution in [0.2, 0.25) is 13.1 Å². The molecular weight excluding hydrogens is 188 g/mol. The first-order chi connectivity index (χ1) is 6.63. The first-order valence-corrected chi connectivity index (χ1v) is 8.51. The summed E-state index contributed by atoms with van der Waals surface area (Å²) < 4.78 is 5.94. The van der Waals surface area contributed by atoms with Crippen molar-refractivity contribution in [1.82, 2.24) is 0 Å². The molecule has 0 aliphatic rings. The lowest BCUT2D eigenvalue weighted by Gasteiger charge is -2.20. The molecule has 1 unspecified atom stereocenters. The number of rotatable bonds is 8. The summed E-state index contributed by atoms with van der Waals surface area (Å²) in [7, 11) is -0.506. The Hall–Kier alpha value is 0.177. The van der Waals surface area contributed by atoms with E-state index in [-0.39, 0.29) is 0 Å². The third-order valence-corrected chi connectivity index (χ3v) is 3.71. The zero-order valence-corrected chi connectivity index (χ0v) is 11.6. The molecule has 1 atom stereocenters. The molecule has 0 heterocycles. The molecule has 0 aromatic heterocycles. The lowest BCUT2D eigenvalue weighted by atomic mass is 9.95. The monoisotopic (exact) mass is 215 g/mol. The highest BCUT2D eigenvalue weighted by atomic mass is 28.3. The van der Waals surface area contributed by atoms with E-state index < -0.39 is 9.04 Å². The van der Waals surface area contributed by atoms with Crippen LogP contribution >= 0.6 is 0 Å². The lowest BCUT2D eigenvalue weighted by molar-refractivity contribution is 0.176. The second-order valence-electron chi connectivity index (χ2n) is 4.32. The summed E-state index contributed by atoms with van der Waals surface area (Å²) in [5.41, 5.74) is 0.